The van der Waals surface area contributed by atoms with Crippen LogP contribution in [0.3, 0.4) is 0 Å². The molecule has 78 valence electrons. The molecule has 3 nitrogen and oxygen atoms in total. The molecule has 2 N–H and O–H groups in total. The second kappa shape index (κ2) is 6.11. The number of carbonyl (C=O) groups is 1. The zero-order chi connectivity index (χ0) is 10.3. The van der Waals surface area contributed by atoms with E-state index in [9.17, 15) is 4.79 Å². The zero-order valence-electron chi connectivity index (χ0n) is 8.93. The highest BCUT2D eigenvalue weighted by atomic mass is 16.5. The van der Waals surface area contributed by atoms with Crippen LogP contribution in [0.1, 0.15) is 33.6 Å². The lowest BCUT2D eigenvalue weighted by Crippen LogP contribution is -2.16. The van der Waals surface area contributed by atoms with Gasteiger partial charge in [0.15, 0.2) is 0 Å². The summed E-state index contributed by atoms with van der Waals surface area (Å²) in [7, 11) is 0. The molecule has 0 heterocycles. The van der Waals surface area contributed by atoms with E-state index in [-0.39, 0.29) is 11.2 Å². The lowest BCUT2D eigenvalue weighted by molar-refractivity contribution is -0.121. The standard InChI is InChI=1S/C10H21NO2/c1-10(2,3)8-9(12)4-6-13-7-5-11/h4-8,11H2,1-3H3. The third kappa shape index (κ3) is 9.50. The van der Waals surface area contributed by atoms with Crippen LogP contribution in [-0.2, 0) is 9.53 Å². The highest BCUT2D eigenvalue weighted by Crippen LogP contribution is 2.19. The minimum atomic E-state index is 0.0882. The molecule has 0 aliphatic heterocycles. The lowest BCUT2D eigenvalue weighted by atomic mass is 9.89. The molecule has 0 bridgehead atoms. The number of nitrogens with two attached hydrogens (primary N) is 1. The molecule has 0 aliphatic rings. The smallest absolute Gasteiger partial charge is 0.135 e. The molecule has 0 amide bonds. The fourth-order valence-corrected chi connectivity index (χ4v) is 1.05. The number of ether oxygens (including phenoxy) is 1. The SMILES string of the molecule is CC(C)(C)CC(=O)CCOCCN. The normalized spacial score (nSPS) is 11.7. The molecule has 0 aromatic carbocycles. The van der Waals surface area contributed by atoms with E-state index < -0.39 is 0 Å². The van der Waals surface area contributed by atoms with Gasteiger partial charge in [-0.3, -0.25) is 4.79 Å². The van der Waals surface area contributed by atoms with Gasteiger partial charge in [-0.1, -0.05) is 20.8 Å². The van der Waals surface area contributed by atoms with Crippen LogP contribution in [0, 0.1) is 5.41 Å². The summed E-state index contributed by atoms with van der Waals surface area (Å²) in [6.45, 7) is 7.76. The average molecular weight is 187 g/mol. The molecule has 0 aromatic heterocycles. The van der Waals surface area contributed by atoms with Crippen molar-refractivity contribution in [2.75, 3.05) is 19.8 Å². The van der Waals surface area contributed by atoms with Crippen LogP contribution in [0.2, 0.25) is 0 Å². The maximum Gasteiger partial charge on any atom is 0.135 e. The second-order valence-electron chi connectivity index (χ2n) is 4.43. The van der Waals surface area contributed by atoms with Gasteiger partial charge in [-0.05, 0) is 5.41 Å². The molecule has 0 saturated carbocycles. The van der Waals surface area contributed by atoms with Gasteiger partial charge in [-0.2, -0.15) is 0 Å². The van der Waals surface area contributed by atoms with Gasteiger partial charge in [0.2, 0.25) is 0 Å². The van der Waals surface area contributed by atoms with Crippen LogP contribution in [0.5, 0.6) is 0 Å². The van der Waals surface area contributed by atoms with Crippen molar-refractivity contribution in [1.82, 2.24) is 0 Å². The molecule has 0 fully saturated rings. The van der Waals surface area contributed by atoms with Gasteiger partial charge < -0.3 is 10.5 Å². The van der Waals surface area contributed by atoms with Gasteiger partial charge in [0.1, 0.15) is 5.78 Å². The average Bonchev–Trinajstić information content (AvgIpc) is 1.94. The molecule has 0 spiro atoms. The van der Waals surface area contributed by atoms with E-state index in [0.717, 1.165) is 0 Å². The number of Topliss-reactive ketones (excluding diaryl/α,β-unsaturated/α-hetero) is 1. The first-order chi connectivity index (χ1) is 5.95. The van der Waals surface area contributed by atoms with Crippen LogP contribution in [0.4, 0.5) is 0 Å². The number of carbonyl (C=O) groups excluding carboxylic acids is 1. The van der Waals surface area contributed by atoms with Crippen molar-refractivity contribution < 1.29 is 9.53 Å². The van der Waals surface area contributed by atoms with E-state index in [1.807, 2.05) is 0 Å². The summed E-state index contributed by atoms with van der Waals surface area (Å²) in [6.07, 6.45) is 1.14. The van der Waals surface area contributed by atoms with Gasteiger partial charge in [0.25, 0.3) is 0 Å². The molecule has 0 aromatic rings. The number of hydrogen-bond acceptors (Lipinski definition) is 3. The minimum Gasteiger partial charge on any atom is -0.380 e. The first-order valence-corrected chi connectivity index (χ1v) is 4.75. The Morgan fingerprint density at radius 1 is 1.31 bits per heavy atom. The topological polar surface area (TPSA) is 52.3 Å². The van der Waals surface area contributed by atoms with E-state index in [0.29, 0.717) is 32.6 Å². The summed E-state index contributed by atoms with van der Waals surface area (Å²) < 4.78 is 5.12. The Morgan fingerprint density at radius 2 is 1.92 bits per heavy atom. The zero-order valence-corrected chi connectivity index (χ0v) is 8.93. The van der Waals surface area contributed by atoms with Crippen molar-refractivity contribution in [3.8, 4) is 0 Å². The maximum absolute atomic E-state index is 11.3. The van der Waals surface area contributed by atoms with Crippen molar-refractivity contribution in [2.45, 2.75) is 33.6 Å². The first kappa shape index (κ1) is 12.6. The molecule has 0 saturated heterocycles. The van der Waals surface area contributed by atoms with E-state index in [1.165, 1.54) is 0 Å². The molecule has 0 radical (unpaired) electrons. The molecule has 0 aliphatic carbocycles. The summed E-state index contributed by atoms with van der Waals surface area (Å²) in [5.41, 5.74) is 5.33. The summed E-state index contributed by atoms with van der Waals surface area (Å²) in [5.74, 6) is 0.268. The van der Waals surface area contributed by atoms with Crippen LogP contribution in [0.25, 0.3) is 0 Å². The highest BCUT2D eigenvalue weighted by Gasteiger charge is 2.15. The Morgan fingerprint density at radius 3 is 2.38 bits per heavy atom. The summed E-state index contributed by atoms with van der Waals surface area (Å²) in [4.78, 5) is 11.3. The monoisotopic (exact) mass is 187 g/mol. The predicted molar refractivity (Wildman–Crippen MR) is 53.6 cm³/mol. The van der Waals surface area contributed by atoms with E-state index in [2.05, 4.69) is 20.8 Å². The molecular formula is C10H21NO2. The van der Waals surface area contributed by atoms with Gasteiger partial charge in [-0.25, -0.2) is 0 Å². The van der Waals surface area contributed by atoms with Crippen molar-refractivity contribution in [2.24, 2.45) is 11.1 Å². The van der Waals surface area contributed by atoms with Crippen molar-refractivity contribution in [3.63, 3.8) is 0 Å². The van der Waals surface area contributed by atoms with Crippen LogP contribution in [0.15, 0.2) is 0 Å². The van der Waals surface area contributed by atoms with Crippen LogP contribution in [-0.4, -0.2) is 25.5 Å². The largest absolute Gasteiger partial charge is 0.380 e. The summed E-state index contributed by atoms with van der Waals surface area (Å²) in [6, 6.07) is 0. The molecule has 0 rings (SSSR count). The van der Waals surface area contributed by atoms with E-state index >= 15 is 0 Å². The Kier molecular flexibility index (Phi) is 5.91. The summed E-state index contributed by atoms with van der Waals surface area (Å²) in [5, 5.41) is 0. The Bertz CT molecular complexity index is 149. The number of rotatable bonds is 6. The third-order valence-electron chi connectivity index (χ3n) is 1.51. The van der Waals surface area contributed by atoms with E-state index in [1.54, 1.807) is 0 Å². The van der Waals surface area contributed by atoms with Gasteiger partial charge >= 0.3 is 0 Å². The Balaban J connectivity index is 3.41. The van der Waals surface area contributed by atoms with Gasteiger partial charge in [0.05, 0.1) is 13.2 Å². The van der Waals surface area contributed by atoms with Crippen molar-refractivity contribution >= 4 is 5.78 Å². The fraction of sp³-hybridized carbons (Fsp3) is 0.900. The lowest BCUT2D eigenvalue weighted by Gasteiger charge is -2.16. The van der Waals surface area contributed by atoms with E-state index in [4.69, 9.17) is 10.5 Å². The fourth-order valence-electron chi connectivity index (χ4n) is 1.05. The predicted octanol–water partition coefficient (Wildman–Crippen LogP) is 1.36. The number of ketones is 1. The minimum absolute atomic E-state index is 0.0882. The second-order valence-corrected chi connectivity index (χ2v) is 4.43. The highest BCUT2D eigenvalue weighted by molar-refractivity contribution is 5.79. The summed E-state index contributed by atoms with van der Waals surface area (Å²) >= 11 is 0. The molecule has 3 heteroatoms. The molecule has 0 atom stereocenters. The quantitative estimate of drug-likeness (QED) is 0.639. The Labute approximate surface area is 80.6 Å². The molecule has 0 unspecified atom stereocenters. The Hall–Kier alpha value is -0.410. The van der Waals surface area contributed by atoms with Crippen LogP contribution >= 0.6 is 0 Å². The van der Waals surface area contributed by atoms with Crippen molar-refractivity contribution in [1.29, 1.82) is 0 Å². The van der Waals surface area contributed by atoms with Gasteiger partial charge in [0, 0.05) is 19.4 Å². The molecule has 13 heavy (non-hydrogen) atoms. The first-order valence-electron chi connectivity index (χ1n) is 4.75. The molecular weight excluding hydrogens is 166 g/mol. The third-order valence-corrected chi connectivity index (χ3v) is 1.51. The van der Waals surface area contributed by atoms with Gasteiger partial charge in [-0.15, -0.1) is 0 Å². The van der Waals surface area contributed by atoms with Crippen molar-refractivity contribution in [3.05, 3.63) is 0 Å². The number of hydrogen-bond donors (Lipinski definition) is 1. The van der Waals surface area contributed by atoms with Crippen LogP contribution < -0.4 is 5.73 Å². The maximum atomic E-state index is 11.3.